The van der Waals surface area contributed by atoms with Crippen molar-refractivity contribution in [1.29, 1.82) is 0 Å². The zero-order valence-electron chi connectivity index (χ0n) is 17.2. The number of halogens is 1. The van der Waals surface area contributed by atoms with Crippen LogP contribution < -0.4 is 4.90 Å². The number of thioether (sulfide) groups is 1. The van der Waals surface area contributed by atoms with Gasteiger partial charge in [-0.1, -0.05) is 25.6 Å². The van der Waals surface area contributed by atoms with Crippen molar-refractivity contribution in [2.75, 3.05) is 36.8 Å². The highest BCUT2D eigenvalue weighted by atomic mass is 32.2. The Bertz CT molecular complexity index is 906. The first kappa shape index (κ1) is 21.3. The third kappa shape index (κ3) is 4.77. The molecule has 1 aromatic carbocycles. The minimum Gasteiger partial charge on any atom is -0.366 e. The standard InChI is InChI=1S/C20H26FN5O2S/c1-13(2)19-22-23-20(24(19)4)29-12-18(28)26-9-7-25(8-10-26)17-6-5-15(14(3)27)11-16(17)21/h5-6,11,13H,7-10,12H2,1-4H3. The second-order valence-corrected chi connectivity index (χ2v) is 8.38. The van der Waals surface area contributed by atoms with Gasteiger partial charge in [0.15, 0.2) is 10.9 Å². The molecule has 1 aromatic heterocycles. The van der Waals surface area contributed by atoms with E-state index in [9.17, 15) is 14.0 Å². The Balaban J connectivity index is 1.54. The molecule has 0 atom stereocenters. The number of carbonyl (C=O) groups is 2. The normalized spacial score (nSPS) is 14.6. The summed E-state index contributed by atoms with van der Waals surface area (Å²) in [5, 5.41) is 9.07. The highest BCUT2D eigenvalue weighted by Crippen LogP contribution is 2.23. The van der Waals surface area contributed by atoms with Crippen LogP contribution in [0.1, 0.15) is 42.9 Å². The largest absolute Gasteiger partial charge is 0.366 e. The fourth-order valence-electron chi connectivity index (χ4n) is 3.35. The smallest absolute Gasteiger partial charge is 0.233 e. The van der Waals surface area contributed by atoms with Crippen LogP contribution in [0.3, 0.4) is 0 Å². The summed E-state index contributed by atoms with van der Waals surface area (Å²) in [7, 11) is 1.91. The molecular weight excluding hydrogens is 393 g/mol. The third-order valence-electron chi connectivity index (χ3n) is 5.04. The van der Waals surface area contributed by atoms with Gasteiger partial charge in [0.25, 0.3) is 0 Å². The van der Waals surface area contributed by atoms with E-state index in [0.29, 0.717) is 43.2 Å². The Hall–Kier alpha value is -2.42. The van der Waals surface area contributed by atoms with Crippen LogP contribution in [-0.4, -0.2) is 63.3 Å². The summed E-state index contributed by atoms with van der Waals surface area (Å²) < 4.78 is 16.3. The quantitative estimate of drug-likeness (QED) is 0.530. The molecule has 2 heterocycles. The Morgan fingerprint density at radius 3 is 2.41 bits per heavy atom. The van der Waals surface area contributed by atoms with Gasteiger partial charge in [0.05, 0.1) is 11.4 Å². The van der Waals surface area contributed by atoms with Crippen molar-refractivity contribution in [2.45, 2.75) is 31.8 Å². The number of hydrogen-bond acceptors (Lipinski definition) is 6. The molecule has 0 aliphatic carbocycles. The summed E-state index contributed by atoms with van der Waals surface area (Å²) in [5.74, 6) is 0.937. The fraction of sp³-hybridized carbons (Fsp3) is 0.500. The molecule has 7 nitrogen and oxygen atoms in total. The van der Waals surface area contributed by atoms with Gasteiger partial charge in [-0.05, 0) is 25.1 Å². The molecule has 0 bridgehead atoms. The lowest BCUT2D eigenvalue weighted by atomic mass is 10.1. The van der Waals surface area contributed by atoms with Gasteiger partial charge in [0.1, 0.15) is 11.6 Å². The van der Waals surface area contributed by atoms with Crippen LogP contribution in [0.2, 0.25) is 0 Å². The van der Waals surface area contributed by atoms with Crippen molar-refractivity contribution in [3.8, 4) is 0 Å². The molecule has 1 amide bonds. The van der Waals surface area contributed by atoms with Gasteiger partial charge in [-0.2, -0.15) is 0 Å². The minimum atomic E-state index is -0.406. The zero-order valence-corrected chi connectivity index (χ0v) is 18.0. The average Bonchev–Trinajstić information content (AvgIpc) is 3.07. The molecule has 1 saturated heterocycles. The zero-order chi connectivity index (χ0) is 21.1. The van der Waals surface area contributed by atoms with Crippen LogP contribution in [0, 0.1) is 5.82 Å². The number of ketones is 1. The van der Waals surface area contributed by atoms with E-state index in [0.717, 1.165) is 11.0 Å². The summed E-state index contributed by atoms with van der Waals surface area (Å²) >= 11 is 1.38. The maximum absolute atomic E-state index is 14.4. The van der Waals surface area contributed by atoms with Gasteiger partial charge in [-0.3, -0.25) is 9.59 Å². The molecule has 0 saturated carbocycles. The molecule has 9 heteroatoms. The highest BCUT2D eigenvalue weighted by molar-refractivity contribution is 7.99. The number of amides is 1. The summed E-state index contributed by atoms with van der Waals surface area (Å²) in [4.78, 5) is 27.7. The Morgan fingerprint density at radius 2 is 1.86 bits per heavy atom. The van der Waals surface area contributed by atoms with E-state index in [1.165, 1.54) is 24.8 Å². The molecule has 0 N–H and O–H groups in total. The van der Waals surface area contributed by atoms with Gasteiger partial charge in [0, 0.05) is 44.7 Å². The molecule has 0 unspecified atom stereocenters. The lowest BCUT2D eigenvalue weighted by Crippen LogP contribution is -2.49. The van der Waals surface area contributed by atoms with E-state index in [1.807, 2.05) is 16.5 Å². The van der Waals surface area contributed by atoms with Crippen molar-refractivity contribution < 1.29 is 14.0 Å². The summed E-state index contributed by atoms with van der Waals surface area (Å²) in [5.41, 5.74) is 0.832. The number of Topliss-reactive ketones (excluding diaryl/α,β-unsaturated/α-hetero) is 1. The van der Waals surface area contributed by atoms with Crippen LogP contribution in [-0.2, 0) is 11.8 Å². The van der Waals surface area contributed by atoms with Crippen molar-refractivity contribution in [3.63, 3.8) is 0 Å². The van der Waals surface area contributed by atoms with Gasteiger partial charge >= 0.3 is 0 Å². The number of aromatic nitrogens is 3. The molecule has 0 spiro atoms. The molecule has 3 rings (SSSR count). The summed E-state index contributed by atoms with van der Waals surface area (Å²) in [6.45, 7) is 7.69. The summed E-state index contributed by atoms with van der Waals surface area (Å²) in [6, 6.07) is 4.55. The van der Waals surface area contributed by atoms with Crippen molar-refractivity contribution in [3.05, 3.63) is 35.4 Å². The Labute approximate surface area is 174 Å². The lowest BCUT2D eigenvalue weighted by Gasteiger charge is -2.36. The number of hydrogen-bond donors (Lipinski definition) is 0. The van der Waals surface area contributed by atoms with Crippen LogP contribution in [0.5, 0.6) is 0 Å². The predicted octanol–water partition coefficient (Wildman–Crippen LogP) is 2.72. The molecule has 1 aliphatic heterocycles. The SMILES string of the molecule is CC(=O)c1ccc(N2CCN(C(=O)CSc3nnc(C(C)C)n3C)CC2)c(F)c1. The van der Waals surface area contributed by atoms with E-state index >= 15 is 0 Å². The van der Waals surface area contributed by atoms with Crippen LogP contribution >= 0.6 is 11.8 Å². The number of carbonyl (C=O) groups excluding carboxylic acids is 2. The van der Waals surface area contributed by atoms with E-state index < -0.39 is 5.82 Å². The van der Waals surface area contributed by atoms with Crippen molar-refractivity contribution in [1.82, 2.24) is 19.7 Å². The molecule has 156 valence electrons. The Kier molecular flexibility index (Phi) is 6.56. The first-order valence-electron chi connectivity index (χ1n) is 9.63. The fourth-order valence-corrected chi connectivity index (χ4v) is 4.17. The first-order valence-corrected chi connectivity index (χ1v) is 10.6. The van der Waals surface area contributed by atoms with E-state index in [2.05, 4.69) is 24.0 Å². The number of piperazine rings is 1. The molecule has 2 aromatic rings. The molecule has 29 heavy (non-hydrogen) atoms. The van der Waals surface area contributed by atoms with E-state index in [-0.39, 0.29) is 17.6 Å². The van der Waals surface area contributed by atoms with Crippen LogP contribution in [0.15, 0.2) is 23.4 Å². The summed E-state index contributed by atoms with van der Waals surface area (Å²) in [6.07, 6.45) is 0. The van der Waals surface area contributed by atoms with Crippen molar-refractivity contribution in [2.24, 2.45) is 7.05 Å². The monoisotopic (exact) mass is 419 g/mol. The molecule has 1 aliphatic rings. The van der Waals surface area contributed by atoms with E-state index in [4.69, 9.17) is 0 Å². The molecule has 0 radical (unpaired) electrons. The number of rotatable bonds is 6. The van der Waals surface area contributed by atoms with Gasteiger partial charge in [-0.25, -0.2) is 4.39 Å². The number of anilines is 1. The lowest BCUT2D eigenvalue weighted by molar-refractivity contribution is -0.128. The highest BCUT2D eigenvalue weighted by Gasteiger charge is 2.24. The predicted molar refractivity (Wildman–Crippen MR) is 111 cm³/mol. The van der Waals surface area contributed by atoms with Gasteiger partial charge < -0.3 is 14.4 Å². The molecule has 1 fully saturated rings. The number of nitrogens with zero attached hydrogens (tertiary/aromatic N) is 5. The van der Waals surface area contributed by atoms with Gasteiger partial charge in [0.2, 0.25) is 5.91 Å². The maximum atomic E-state index is 14.4. The second kappa shape index (κ2) is 8.94. The first-order chi connectivity index (χ1) is 13.8. The topological polar surface area (TPSA) is 71.3 Å². The van der Waals surface area contributed by atoms with Gasteiger partial charge in [-0.15, -0.1) is 10.2 Å². The molecular formula is C20H26FN5O2S. The average molecular weight is 420 g/mol. The second-order valence-electron chi connectivity index (χ2n) is 7.43. The van der Waals surface area contributed by atoms with Crippen LogP contribution in [0.25, 0.3) is 0 Å². The Morgan fingerprint density at radius 1 is 1.17 bits per heavy atom. The maximum Gasteiger partial charge on any atom is 0.233 e. The van der Waals surface area contributed by atoms with E-state index in [1.54, 1.807) is 17.0 Å². The third-order valence-corrected chi connectivity index (χ3v) is 6.04. The van der Waals surface area contributed by atoms with Crippen molar-refractivity contribution >= 4 is 29.1 Å². The van der Waals surface area contributed by atoms with Crippen LogP contribution in [0.4, 0.5) is 10.1 Å². The minimum absolute atomic E-state index is 0.0381. The number of benzene rings is 1.